The predicted octanol–water partition coefficient (Wildman–Crippen LogP) is 3.37. The summed E-state index contributed by atoms with van der Waals surface area (Å²) in [4.78, 5) is 11.7. The highest BCUT2D eigenvalue weighted by Crippen LogP contribution is 2.18. The van der Waals surface area contributed by atoms with E-state index in [1.807, 2.05) is 24.3 Å². The smallest absolute Gasteiger partial charge is 0.257 e. The first-order valence-corrected chi connectivity index (χ1v) is 8.06. The third kappa shape index (κ3) is 8.03. The van der Waals surface area contributed by atoms with Gasteiger partial charge in [-0.25, -0.2) is 0 Å². The molecule has 0 aliphatic carbocycles. The van der Waals surface area contributed by atoms with Crippen molar-refractivity contribution in [2.75, 3.05) is 26.4 Å². The zero-order valence-corrected chi connectivity index (χ0v) is 14.2. The Balaban J connectivity index is 2.12. The van der Waals surface area contributed by atoms with E-state index in [9.17, 15) is 4.79 Å². The number of hydrogen-bond acceptors (Lipinski definition) is 3. The number of rotatable bonds is 10. The molecule has 1 aromatic rings. The van der Waals surface area contributed by atoms with Crippen LogP contribution in [-0.4, -0.2) is 32.3 Å². The van der Waals surface area contributed by atoms with E-state index in [4.69, 9.17) is 9.47 Å². The van der Waals surface area contributed by atoms with Crippen LogP contribution >= 0.6 is 0 Å². The van der Waals surface area contributed by atoms with Gasteiger partial charge >= 0.3 is 0 Å². The summed E-state index contributed by atoms with van der Waals surface area (Å²) in [7, 11) is 0. The molecule has 4 nitrogen and oxygen atoms in total. The minimum atomic E-state index is -0.100. The van der Waals surface area contributed by atoms with Gasteiger partial charge < -0.3 is 14.8 Å². The van der Waals surface area contributed by atoms with Crippen LogP contribution in [0.4, 0.5) is 0 Å². The summed E-state index contributed by atoms with van der Waals surface area (Å²) < 4.78 is 10.9. The molecule has 0 aliphatic heterocycles. The van der Waals surface area contributed by atoms with Gasteiger partial charge in [0.15, 0.2) is 6.61 Å². The summed E-state index contributed by atoms with van der Waals surface area (Å²) in [6.45, 7) is 10.6. The number of benzene rings is 1. The minimum absolute atomic E-state index is 0.0495. The van der Waals surface area contributed by atoms with E-state index >= 15 is 0 Å². The predicted molar refractivity (Wildman–Crippen MR) is 89.3 cm³/mol. The number of carbonyl (C=O) groups is 1. The Kier molecular flexibility index (Phi) is 8.60. The number of hydrogen-bond donors (Lipinski definition) is 1. The fraction of sp³-hybridized carbons (Fsp3) is 0.611. The first kappa shape index (κ1) is 18.5. The average molecular weight is 307 g/mol. The third-order valence-electron chi connectivity index (χ3n) is 3.16. The van der Waals surface area contributed by atoms with Crippen LogP contribution in [0, 0.1) is 5.92 Å². The van der Waals surface area contributed by atoms with Gasteiger partial charge in [0.25, 0.3) is 5.91 Å². The molecule has 0 saturated heterocycles. The van der Waals surface area contributed by atoms with Crippen molar-refractivity contribution in [2.24, 2.45) is 5.92 Å². The lowest BCUT2D eigenvalue weighted by Gasteiger charge is -2.10. The molecular weight excluding hydrogens is 278 g/mol. The quantitative estimate of drug-likeness (QED) is 0.674. The van der Waals surface area contributed by atoms with E-state index in [0.29, 0.717) is 25.0 Å². The van der Waals surface area contributed by atoms with Crippen molar-refractivity contribution in [1.29, 1.82) is 0 Å². The Morgan fingerprint density at radius 2 is 1.82 bits per heavy atom. The zero-order chi connectivity index (χ0) is 16.4. The van der Waals surface area contributed by atoms with Crippen molar-refractivity contribution in [3.8, 4) is 5.75 Å². The molecular formula is C18H29NO3. The van der Waals surface area contributed by atoms with Crippen LogP contribution in [0.3, 0.4) is 0 Å². The summed E-state index contributed by atoms with van der Waals surface area (Å²) in [6.07, 6.45) is 0.821. The molecule has 0 unspecified atom stereocenters. The molecule has 0 fully saturated rings. The first-order chi connectivity index (χ1) is 10.5. The molecule has 0 radical (unpaired) electrons. The van der Waals surface area contributed by atoms with E-state index in [2.05, 4.69) is 33.0 Å². The molecule has 22 heavy (non-hydrogen) atoms. The van der Waals surface area contributed by atoms with Gasteiger partial charge in [-0.05, 0) is 36.0 Å². The first-order valence-electron chi connectivity index (χ1n) is 8.06. The van der Waals surface area contributed by atoms with E-state index in [1.54, 1.807) is 0 Å². The largest absolute Gasteiger partial charge is 0.484 e. The van der Waals surface area contributed by atoms with E-state index in [1.165, 1.54) is 5.56 Å². The summed E-state index contributed by atoms with van der Waals surface area (Å²) in [6, 6.07) is 7.87. The molecule has 0 heterocycles. The van der Waals surface area contributed by atoms with Gasteiger partial charge in [0, 0.05) is 19.8 Å². The third-order valence-corrected chi connectivity index (χ3v) is 3.16. The van der Waals surface area contributed by atoms with Crippen LogP contribution in [-0.2, 0) is 9.53 Å². The highest BCUT2D eigenvalue weighted by Gasteiger charge is 2.03. The lowest BCUT2D eigenvalue weighted by atomic mass is 10.0. The minimum Gasteiger partial charge on any atom is -0.484 e. The maximum absolute atomic E-state index is 11.7. The molecule has 1 N–H and O–H groups in total. The Morgan fingerprint density at radius 3 is 2.41 bits per heavy atom. The van der Waals surface area contributed by atoms with Gasteiger partial charge in [-0.2, -0.15) is 0 Å². The fourth-order valence-corrected chi connectivity index (χ4v) is 1.87. The summed E-state index contributed by atoms with van der Waals surface area (Å²) in [5.74, 6) is 1.66. The zero-order valence-electron chi connectivity index (χ0n) is 14.2. The number of ether oxygens (including phenoxy) is 2. The Hall–Kier alpha value is -1.55. The molecule has 1 amide bonds. The highest BCUT2D eigenvalue weighted by molar-refractivity contribution is 5.77. The SMILES string of the molecule is CC(C)COCCCNC(=O)COc1ccc(C(C)C)cc1. The van der Waals surface area contributed by atoms with Gasteiger partial charge in [0.1, 0.15) is 5.75 Å². The Morgan fingerprint density at radius 1 is 1.14 bits per heavy atom. The summed E-state index contributed by atoms with van der Waals surface area (Å²) in [5.41, 5.74) is 1.26. The van der Waals surface area contributed by atoms with Crippen molar-refractivity contribution >= 4 is 5.91 Å². The molecule has 0 atom stereocenters. The van der Waals surface area contributed by atoms with E-state index in [0.717, 1.165) is 18.8 Å². The van der Waals surface area contributed by atoms with Crippen LogP contribution in [0.5, 0.6) is 5.75 Å². The second-order valence-corrected chi connectivity index (χ2v) is 6.18. The fourth-order valence-electron chi connectivity index (χ4n) is 1.87. The molecule has 124 valence electrons. The van der Waals surface area contributed by atoms with Crippen LogP contribution < -0.4 is 10.1 Å². The van der Waals surface area contributed by atoms with Crippen molar-refractivity contribution in [1.82, 2.24) is 5.32 Å². The molecule has 0 aromatic heterocycles. The molecule has 0 spiro atoms. The summed E-state index contributed by atoms with van der Waals surface area (Å²) in [5, 5.41) is 2.83. The van der Waals surface area contributed by atoms with Crippen molar-refractivity contribution in [2.45, 2.75) is 40.0 Å². The summed E-state index contributed by atoms with van der Waals surface area (Å²) >= 11 is 0. The lowest BCUT2D eigenvalue weighted by molar-refractivity contribution is -0.123. The Bertz CT molecular complexity index is 426. The van der Waals surface area contributed by atoms with E-state index < -0.39 is 0 Å². The van der Waals surface area contributed by atoms with Crippen molar-refractivity contribution in [3.63, 3.8) is 0 Å². The standard InChI is InChI=1S/C18H29NO3/c1-14(2)12-21-11-5-10-19-18(20)13-22-17-8-6-16(7-9-17)15(3)4/h6-9,14-15H,5,10-13H2,1-4H3,(H,19,20). The molecule has 1 rings (SSSR count). The number of carbonyl (C=O) groups excluding carboxylic acids is 1. The normalized spacial score (nSPS) is 11.0. The van der Waals surface area contributed by atoms with Crippen LogP contribution in [0.1, 0.15) is 45.6 Å². The average Bonchev–Trinajstić information content (AvgIpc) is 2.48. The lowest BCUT2D eigenvalue weighted by Crippen LogP contribution is -2.30. The van der Waals surface area contributed by atoms with Gasteiger partial charge in [0.2, 0.25) is 0 Å². The number of nitrogens with one attached hydrogen (secondary N) is 1. The maximum atomic E-state index is 11.7. The second kappa shape index (κ2) is 10.2. The van der Waals surface area contributed by atoms with Crippen LogP contribution in [0.2, 0.25) is 0 Å². The Labute approximate surface area is 134 Å². The second-order valence-electron chi connectivity index (χ2n) is 6.18. The van der Waals surface area contributed by atoms with Crippen LogP contribution in [0.15, 0.2) is 24.3 Å². The van der Waals surface area contributed by atoms with Crippen molar-refractivity contribution in [3.05, 3.63) is 29.8 Å². The number of amides is 1. The molecule has 0 aliphatic rings. The molecule has 0 bridgehead atoms. The topological polar surface area (TPSA) is 47.6 Å². The van der Waals surface area contributed by atoms with Gasteiger partial charge in [-0.15, -0.1) is 0 Å². The van der Waals surface area contributed by atoms with Gasteiger partial charge in [-0.1, -0.05) is 39.8 Å². The maximum Gasteiger partial charge on any atom is 0.257 e. The van der Waals surface area contributed by atoms with E-state index in [-0.39, 0.29) is 12.5 Å². The van der Waals surface area contributed by atoms with Gasteiger partial charge in [0.05, 0.1) is 0 Å². The molecule has 1 aromatic carbocycles. The van der Waals surface area contributed by atoms with Crippen molar-refractivity contribution < 1.29 is 14.3 Å². The van der Waals surface area contributed by atoms with Gasteiger partial charge in [-0.3, -0.25) is 4.79 Å². The monoisotopic (exact) mass is 307 g/mol. The molecule has 0 saturated carbocycles. The highest BCUT2D eigenvalue weighted by atomic mass is 16.5. The molecule has 4 heteroatoms. The van der Waals surface area contributed by atoms with Crippen LogP contribution in [0.25, 0.3) is 0 Å².